The first-order valence-electron chi connectivity index (χ1n) is 9.14. The first kappa shape index (κ1) is 20.8. The topological polar surface area (TPSA) is 116 Å². The van der Waals surface area contributed by atoms with Gasteiger partial charge >= 0.3 is 0 Å². The Kier molecular flexibility index (Phi) is 5.86. The van der Waals surface area contributed by atoms with Crippen molar-refractivity contribution < 1.29 is 4.52 Å². The van der Waals surface area contributed by atoms with E-state index < -0.39 is 0 Å². The molecule has 8 nitrogen and oxygen atoms in total. The number of aromatic nitrogens is 5. The van der Waals surface area contributed by atoms with Gasteiger partial charge in [0, 0.05) is 31.3 Å². The minimum absolute atomic E-state index is 0. The summed E-state index contributed by atoms with van der Waals surface area (Å²) in [4.78, 5) is 21.4. The van der Waals surface area contributed by atoms with Crippen molar-refractivity contribution in [1.29, 1.82) is 0 Å². The summed E-state index contributed by atoms with van der Waals surface area (Å²) in [5.74, 6) is 1.11. The maximum Gasteiger partial charge on any atom is 0.276 e. The maximum atomic E-state index is 12.3. The molecule has 0 aliphatic carbocycles. The molecule has 0 unspecified atom stereocenters. The summed E-state index contributed by atoms with van der Waals surface area (Å²) in [6, 6.07) is 7.78. The highest BCUT2D eigenvalue weighted by molar-refractivity contribution is 5.85. The third kappa shape index (κ3) is 3.81. The number of fused-ring (bicyclic) bond motifs is 1. The first-order valence-corrected chi connectivity index (χ1v) is 9.14. The molecular formula is C20H23ClN6O2. The van der Waals surface area contributed by atoms with E-state index in [-0.39, 0.29) is 18.0 Å². The monoisotopic (exact) mass is 414 g/mol. The summed E-state index contributed by atoms with van der Waals surface area (Å²) < 4.78 is 6.87. The molecule has 0 aliphatic heterocycles. The van der Waals surface area contributed by atoms with Gasteiger partial charge in [0.1, 0.15) is 0 Å². The van der Waals surface area contributed by atoms with Crippen LogP contribution in [0.15, 0.2) is 33.6 Å². The molecule has 152 valence electrons. The van der Waals surface area contributed by atoms with Crippen LogP contribution in [0.5, 0.6) is 0 Å². The zero-order valence-electron chi connectivity index (χ0n) is 16.5. The Balaban J connectivity index is 0.00000240. The van der Waals surface area contributed by atoms with E-state index >= 15 is 0 Å². The quantitative estimate of drug-likeness (QED) is 0.518. The number of rotatable bonds is 5. The summed E-state index contributed by atoms with van der Waals surface area (Å²) in [7, 11) is 1.69. The van der Waals surface area contributed by atoms with Crippen LogP contribution in [-0.4, -0.2) is 24.9 Å². The van der Waals surface area contributed by atoms with Crippen LogP contribution in [-0.2, 0) is 26.4 Å². The molecule has 0 spiro atoms. The molecule has 0 fully saturated rings. The number of nitrogens with one attached hydrogen (secondary N) is 1. The van der Waals surface area contributed by atoms with Gasteiger partial charge in [-0.15, -0.1) is 12.4 Å². The molecule has 0 atom stereocenters. The van der Waals surface area contributed by atoms with Crippen molar-refractivity contribution in [3.8, 4) is 11.4 Å². The molecule has 4 rings (SSSR count). The largest absolute Gasteiger partial charge is 0.339 e. The van der Waals surface area contributed by atoms with Crippen molar-refractivity contribution in [2.24, 2.45) is 12.8 Å². The molecule has 0 saturated heterocycles. The number of benzene rings is 1. The van der Waals surface area contributed by atoms with Crippen molar-refractivity contribution in [3.63, 3.8) is 0 Å². The van der Waals surface area contributed by atoms with E-state index in [1.807, 2.05) is 38.1 Å². The Bertz CT molecular complexity index is 1210. The molecule has 9 heteroatoms. The molecule has 0 aliphatic rings. The van der Waals surface area contributed by atoms with Gasteiger partial charge in [-0.1, -0.05) is 29.4 Å². The third-order valence-electron chi connectivity index (χ3n) is 5.08. The number of nitrogens with two attached hydrogens (primary N) is 1. The van der Waals surface area contributed by atoms with E-state index in [2.05, 4.69) is 20.2 Å². The summed E-state index contributed by atoms with van der Waals surface area (Å²) in [5.41, 5.74) is 11.0. The summed E-state index contributed by atoms with van der Waals surface area (Å²) >= 11 is 0. The van der Waals surface area contributed by atoms with Crippen molar-refractivity contribution >= 4 is 23.4 Å². The molecule has 0 saturated carbocycles. The van der Waals surface area contributed by atoms with Gasteiger partial charge in [0.15, 0.2) is 5.65 Å². The standard InChI is InChI=1S/C20H22N6O2.ClH/c1-11-15(12(2)22-19-17(11)20(27)26(3)24-19)8-9-16-23-18(25-28-16)14-6-4-13(10-21)5-7-14;/h4-7H,8-10,21H2,1-3H3,(H,22,24);1H. The average molecular weight is 415 g/mol. The fraction of sp³-hybridized carbons (Fsp3) is 0.300. The third-order valence-corrected chi connectivity index (χ3v) is 5.08. The number of halogens is 1. The second kappa shape index (κ2) is 8.18. The number of pyridine rings is 1. The van der Waals surface area contributed by atoms with Crippen LogP contribution < -0.4 is 11.3 Å². The minimum atomic E-state index is -0.0674. The highest BCUT2D eigenvalue weighted by Crippen LogP contribution is 2.22. The van der Waals surface area contributed by atoms with Gasteiger partial charge in [0.25, 0.3) is 5.56 Å². The lowest BCUT2D eigenvalue weighted by Gasteiger charge is -2.08. The van der Waals surface area contributed by atoms with Gasteiger partial charge in [-0.2, -0.15) is 4.98 Å². The Labute approximate surface area is 173 Å². The Morgan fingerprint density at radius 1 is 1.14 bits per heavy atom. The number of nitrogens with zero attached hydrogens (tertiary/aromatic N) is 4. The molecule has 0 amide bonds. The number of aromatic amines is 1. The van der Waals surface area contributed by atoms with Crippen LogP contribution in [0.3, 0.4) is 0 Å². The van der Waals surface area contributed by atoms with Crippen molar-refractivity contribution in [1.82, 2.24) is 24.9 Å². The van der Waals surface area contributed by atoms with Crippen molar-refractivity contribution in [3.05, 3.63) is 62.9 Å². The molecule has 3 aromatic heterocycles. The van der Waals surface area contributed by atoms with Crippen LogP contribution in [0.4, 0.5) is 0 Å². The van der Waals surface area contributed by atoms with Crippen molar-refractivity contribution in [2.45, 2.75) is 33.2 Å². The van der Waals surface area contributed by atoms with Crippen LogP contribution in [0, 0.1) is 13.8 Å². The molecule has 3 heterocycles. The first-order chi connectivity index (χ1) is 13.5. The zero-order valence-corrected chi connectivity index (χ0v) is 17.3. The molecular weight excluding hydrogens is 392 g/mol. The minimum Gasteiger partial charge on any atom is -0.339 e. The van der Waals surface area contributed by atoms with E-state index in [9.17, 15) is 4.79 Å². The SMILES string of the molecule is Cc1nc2[nH]n(C)c(=O)c2c(C)c1CCc1nc(-c2ccc(CN)cc2)no1.Cl. The van der Waals surface area contributed by atoms with Gasteiger partial charge in [-0.25, -0.2) is 4.98 Å². The highest BCUT2D eigenvalue weighted by atomic mass is 35.5. The Morgan fingerprint density at radius 2 is 1.86 bits per heavy atom. The normalized spacial score (nSPS) is 11.0. The number of hydrogen-bond donors (Lipinski definition) is 2. The molecule has 29 heavy (non-hydrogen) atoms. The van der Waals surface area contributed by atoms with Gasteiger partial charge in [0.2, 0.25) is 11.7 Å². The van der Waals surface area contributed by atoms with Gasteiger partial charge < -0.3 is 10.3 Å². The summed E-state index contributed by atoms with van der Waals surface area (Å²) in [6.45, 7) is 4.41. The maximum absolute atomic E-state index is 12.3. The van der Waals surface area contributed by atoms with Crippen LogP contribution >= 0.6 is 12.4 Å². The molecule has 4 aromatic rings. The average Bonchev–Trinajstić information content (AvgIpc) is 3.26. The van der Waals surface area contributed by atoms with E-state index in [4.69, 9.17) is 10.3 Å². The lowest BCUT2D eigenvalue weighted by atomic mass is 10.0. The molecule has 0 bridgehead atoms. The van der Waals surface area contributed by atoms with Gasteiger partial charge in [-0.05, 0) is 37.0 Å². The van der Waals surface area contributed by atoms with Crippen molar-refractivity contribution in [2.75, 3.05) is 0 Å². The number of hydrogen-bond acceptors (Lipinski definition) is 6. The fourth-order valence-electron chi connectivity index (χ4n) is 3.47. The van der Waals surface area contributed by atoms with Gasteiger partial charge in [0.05, 0.1) is 5.39 Å². The van der Waals surface area contributed by atoms with Crippen LogP contribution in [0.1, 0.15) is 28.3 Å². The van der Waals surface area contributed by atoms with E-state index in [0.29, 0.717) is 42.1 Å². The van der Waals surface area contributed by atoms with E-state index in [1.54, 1.807) is 7.05 Å². The Hall–Kier alpha value is -2.97. The summed E-state index contributed by atoms with van der Waals surface area (Å²) in [6.07, 6.45) is 1.25. The number of aryl methyl sites for hydroxylation is 4. The van der Waals surface area contributed by atoms with Gasteiger partial charge in [-0.3, -0.25) is 14.6 Å². The number of H-pyrrole nitrogens is 1. The van der Waals surface area contributed by atoms with E-state index in [0.717, 1.165) is 27.9 Å². The van der Waals surface area contributed by atoms with E-state index in [1.165, 1.54) is 4.68 Å². The van der Waals surface area contributed by atoms with Crippen LogP contribution in [0.25, 0.3) is 22.4 Å². The Morgan fingerprint density at radius 3 is 2.55 bits per heavy atom. The second-order valence-corrected chi connectivity index (χ2v) is 6.91. The highest BCUT2D eigenvalue weighted by Gasteiger charge is 2.16. The predicted octanol–water partition coefficient (Wildman–Crippen LogP) is 2.59. The fourth-order valence-corrected chi connectivity index (χ4v) is 3.47. The predicted molar refractivity (Wildman–Crippen MR) is 113 cm³/mol. The second-order valence-electron chi connectivity index (χ2n) is 6.91. The lowest BCUT2D eigenvalue weighted by Crippen LogP contribution is -2.12. The summed E-state index contributed by atoms with van der Waals surface area (Å²) in [5, 5.41) is 7.69. The zero-order chi connectivity index (χ0) is 19.8. The smallest absolute Gasteiger partial charge is 0.276 e. The molecule has 0 radical (unpaired) electrons. The molecule has 3 N–H and O–H groups in total. The lowest BCUT2D eigenvalue weighted by molar-refractivity contribution is 0.378. The van der Waals surface area contributed by atoms with Crippen LogP contribution in [0.2, 0.25) is 0 Å². The molecule has 1 aromatic carbocycles.